The van der Waals surface area contributed by atoms with Gasteiger partial charge >= 0.3 is 12.0 Å². The molecule has 8 heteroatoms. The predicted molar refractivity (Wildman–Crippen MR) is 72.2 cm³/mol. The van der Waals surface area contributed by atoms with E-state index in [-0.39, 0.29) is 12.5 Å². The van der Waals surface area contributed by atoms with Crippen molar-refractivity contribution in [1.29, 1.82) is 0 Å². The van der Waals surface area contributed by atoms with Gasteiger partial charge in [-0.25, -0.2) is 9.59 Å². The van der Waals surface area contributed by atoms with E-state index in [1.165, 1.54) is 28.6 Å². The van der Waals surface area contributed by atoms with Gasteiger partial charge < -0.3 is 20.2 Å². The summed E-state index contributed by atoms with van der Waals surface area (Å²) in [5.74, 6) is -0.163. The summed E-state index contributed by atoms with van der Waals surface area (Å²) >= 11 is 1.51. The number of carboxylic acid groups (broad SMARTS) is 1. The highest BCUT2D eigenvalue weighted by Crippen LogP contribution is 2.18. The molecule has 1 fully saturated rings. The molecule has 0 aromatic heterocycles. The Bertz CT molecular complexity index is 364. The third-order valence-corrected chi connectivity index (χ3v) is 3.76. The summed E-state index contributed by atoms with van der Waals surface area (Å²) in [7, 11) is 1.50. The largest absolute Gasteiger partial charge is 0.480 e. The average molecular weight is 289 g/mol. The van der Waals surface area contributed by atoms with Gasteiger partial charge in [-0.1, -0.05) is 0 Å². The molecule has 1 unspecified atom stereocenters. The standard InChI is InChI=1S/C11H19N3O4S/c1-3-12-9(15)6-13(2)11(18)14-4-5-19-7-8(14)10(16)17/h8H,3-7H2,1-2H3,(H,12,15)(H,16,17). The quantitative estimate of drug-likeness (QED) is 0.740. The first-order chi connectivity index (χ1) is 8.97. The van der Waals surface area contributed by atoms with Crippen LogP contribution in [0.15, 0.2) is 0 Å². The summed E-state index contributed by atoms with van der Waals surface area (Å²) < 4.78 is 0. The predicted octanol–water partition coefficient (Wildman–Crippen LogP) is -0.324. The van der Waals surface area contributed by atoms with Gasteiger partial charge in [0.05, 0.1) is 0 Å². The molecule has 0 bridgehead atoms. The van der Waals surface area contributed by atoms with E-state index in [1.807, 2.05) is 0 Å². The Morgan fingerprint density at radius 1 is 1.47 bits per heavy atom. The number of thioether (sulfide) groups is 1. The van der Waals surface area contributed by atoms with Gasteiger partial charge in [0.15, 0.2) is 0 Å². The van der Waals surface area contributed by atoms with E-state index in [0.717, 1.165) is 0 Å². The molecule has 2 N–H and O–H groups in total. The molecule has 0 aromatic carbocycles. The molecule has 1 aliphatic rings. The maximum absolute atomic E-state index is 12.2. The molecule has 1 atom stereocenters. The molecule has 108 valence electrons. The smallest absolute Gasteiger partial charge is 0.327 e. The fourth-order valence-corrected chi connectivity index (χ4v) is 2.83. The Hall–Kier alpha value is -1.44. The van der Waals surface area contributed by atoms with Crippen molar-refractivity contribution in [3.8, 4) is 0 Å². The molecule has 0 radical (unpaired) electrons. The highest BCUT2D eigenvalue weighted by molar-refractivity contribution is 7.99. The number of urea groups is 1. The van der Waals surface area contributed by atoms with E-state index in [0.29, 0.717) is 24.6 Å². The molecule has 0 saturated carbocycles. The van der Waals surface area contributed by atoms with Crippen molar-refractivity contribution in [1.82, 2.24) is 15.1 Å². The van der Waals surface area contributed by atoms with Crippen LogP contribution in [0.25, 0.3) is 0 Å². The lowest BCUT2D eigenvalue weighted by Crippen LogP contribution is -2.55. The highest BCUT2D eigenvalue weighted by Gasteiger charge is 2.34. The second kappa shape index (κ2) is 7.22. The van der Waals surface area contributed by atoms with Crippen molar-refractivity contribution in [2.45, 2.75) is 13.0 Å². The second-order valence-electron chi connectivity index (χ2n) is 4.21. The Balaban J connectivity index is 2.63. The van der Waals surface area contributed by atoms with E-state index >= 15 is 0 Å². The van der Waals surface area contributed by atoms with Gasteiger partial charge in [-0.15, -0.1) is 0 Å². The number of amides is 3. The van der Waals surface area contributed by atoms with Crippen molar-refractivity contribution >= 4 is 29.7 Å². The zero-order valence-electron chi connectivity index (χ0n) is 11.1. The maximum atomic E-state index is 12.2. The van der Waals surface area contributed by atoms with Gasteiger partial charge in [0.1, 0.15) is 12.6 Å². The first kappa shape index (κ1) is 15.6. The van der Waals surface area contributed by atoms with Crippen LogP contribution < -0.4 is 5.32 Å². The van der Waals surface area contributed by atoms with Crippen LogP contribution in [0.5, 0.6) is 0 Å². The minimum Gasteiger partial charge on any atom is -0.480 e. The van der Waals surface area contributed by atoms with Gasteiger partial charge in [-0.2, -0.15) is 11.8 Å². The Morgan fingerprint density at radius 2 is 2.16 bits per heavy atom. The Labute approximate surface area is 116 Å². The number of aliphatic carboxylic acids is 1. The molecule has 1 saturated heterocycles. The van der Waals surface area contributed by atoms with Crippen LogP contribution in [0.4, 0.5) is 4.79 Å². The van der Waals surface area contributed by atoms with Crippen LogP contribution in [-0.4, -0.2) is 77.0 Å². The summed E-state index contributed by atoms with van der Waals surface area (Å²) in [6.45, 7) is 2.61. The summed E-state index contributed by atoms with van der Waals surface area (Å²) in [4.78, 5) is 37.2. The topological polar surface area (TPSA) is 90.0 Å². The van der Waals surface area contributed by atoms with Crippen LogP contribution >= 0.6 is 11.8 Å². The van der Waals surface area contributed by atoms with Crippen LogP contribution in [0.1, 0.15) is 6.92 Å². The summed E-state index contributed by atoms with van der Waals surface area (Å²) in [5, 5.41) is 11.7. The molecular weight excluding hydrogens is 270 g/mol. The van der Waals surface area contributed by atoms with Crippen LogP contribution in [0, 0.1) is 0 Å². The maximum Gasteiger partial charge on any atom is 0.327 e. The van der Waals surface area contributed by atoms with E-state index in [1.54, 1.807) is 6.92 Å². The van der Waals surface area contributed by atoms with Crippen molar-refractivity contribution < 1.29 is 19.5 Å². The van der Waals surface area contributed by atoms with E-state index < -0.39 is 18.0 Å². The van der Waals surface area contributed by atoms with Crippen LogP contribution in [0.3, 0.4) is 0 Å². The molecule has 0 spiro atoms. The number of carbonyl (C=O) groups excluding carboxylic acids is 2. The third-order valence-electron chi connectivity index (χ3n) is 2.74. The summed E-state index contributed by atoms with van der Waals surface area (Å²) in [6.07, 6.45) is 0. The summed E-state index contributed by atoms with van der Waals surface area (Å²) in [6, 6.07) is -1.23. The van der Waals surface area contributed by atoms with E-state index in [9.17, 15) is 14.4 Å². The van der Waals surface area contributed by atoms with Gasteiger partial charge in [0, 0.05) is 31.6 Å². The minimum absolute atomic E-state index is 0.0668. The summed E-state index contributed by atoms with van der Waals surface area (Å²) in [5.41, 5.74) is 0. The van der Waals surface area contributed by atoms with Crippen molar-refractivity contribution in [2.24, 2.45) is 0 Å². The van der Waals surface area contributed by atoms with Gasteiger partial charge in [0.25, 0.3) is 0 Å². The van der Waals surface area contributed by atoms with Gasteiger partial charge in [-0.3, -0.25) is 4.79 Å². The lowest BCUT2D eigenvalue weighted by Gasteiger charge is -2.35. The molecule has 0 aliphatic carbocycles. The van der Waals surface area contributed by atoms with Crippen molar-refractivity contribution in [3.63, 3.8) is 0 Å². The van der Waals surface area contributed by atoms with Crippen LogP contribution in [-0.2, 0) is 9.59 Å². The number of carbonyl (C=O) groups is 3. The Morgan fingerprint density at radius 3 is 2.74 bits per heavy atom. The van der Waals surface area contributed by atoms with Crippen molar-refractivity contribution in [2.75, 3.05) is 38.2 Å². The van der Waals surface area contributed by atoms with Gasteiger partial charge in [-0.05, 0) is 6.92 Å². The van der Waals surface area contributed by atoms with Crippen molar-refractivity contribution in [3.05, 3.63) is 0 Å². The average Bonchev–Trinajstić information content (AvgIpc) is 2.37. The SMILES string of the molecule is CCNC(=O)CN(C)C(=O)N1CCSCC1C(=O)O. The zero-order valence-corrected chi connectivity index (χ0v) is 11.9. The van der Waals surface area contributed by atoms with E-state index in [4.69, 9.17) is 5.11 Å². The molecule has 3 amide bonds. The molecule has 1 aliphatic heterocycles. The molecule has 0 aromatic rings. The molecular formula is C11H19N3O4S. The van der Waals surface area contributed by atoms with Crippen LogP contribution in [0.2, 0.25) is 0 Å². The second-order valence-corrected chi connectivity index (χ2v) is 5.36. The van der Waals surface area contributed by atoms with Gasteiger partial charge in [0.2, 0.25) is 5.91 Å². The monoisotopic (exact) mass is 289 g/mol. The Kier molecular flexibility index (Phi) is 5.94. The minimum atomic E-state index is -1.01. The molecule has 7 nitrogen and oxygen atoms in total. The fraction of sp³-hybridized carbons (Fsp3) is 0.727. The lowest BCUT2D eigenvalue weighted by atomic mass is 10.3. The number of carboxylic acids is 1. The number of likely N-dealkylation sites (N-methyl/N-ethyl adjacent to an activating group) is 2. The number of hydrogen-bond acceptors (Lipinski definition) is 4. The number of hydrogen-bond donors (Lipinski definition) is 2. The number of rotatable bonds is 4. The first-order valence-corrected chi connectivity index (χ1v) is 7.21. The highest BCUT2D eigenvalue weighted by atomic mass is 32.2. The third kappa shape index (κ3) is 4.30. The first-order valence-electron chi connectivity index (χ1n) is 6.06. The zero-order chi connectivity index (χ0) is 14.4. The number of nitrogens with zero attached hydrogens (tertiary/aromatic N) is 2. The lowest BCUT2D eigenvalue weighted by molar-refractivity contribution is -0.141. The molecule has 1 heterocycles. The molecule has 19 heavy (non-hydrogen) atoms. The molecule has 1 rings (SSSR count). The number of nitrogens with one attached hydrogen (secondary N) is 1. The van der Waals surface area contributed by atoms with E-state index in [2.05, 4.69) is 5.32 Å². The fourth-order valence-electron chi connectivity index (χ4n) is 1.79. The normalized spacial score (nSPS) is 18.8.